The lowest BCUT2D eigenvalue weighted by Crippen LogP contribution is -2.31. The molecule has 0 bridgehead atoms. The molecule has 6 nitrogen and oxygen atoms in total. The average Bonchev–Trinajstić information content (AvgIpc) is 3.31. The second kappa shape index (κ2) is 6.76. The van der Waals surface area contributed by atoms with Crippen molar-refractivity contribution in [3.05, 3.63) is 45.8 Å². The molecule has 1 aliphatic rings. The Morgan fingerprint density at radius 1 is 1.38 bits per heavy atom. The molecule has 1 aliphatic carbocycles. The van der Waals surface area contributed by atoms with Gasteiger partial charge in [0.2, 0.25) is 0 Å². The van der Waals surface area contributed by atoms with E-state index in [2.05, 4.69) is 21.1 Å². The van der Waals surface area contributed by atoms with E-state index in [4.69, 9.17) is 9.26 Å². The average molecular weight is 393 g/mol. The molecule has 3 rings (SSSR count). The van der Waals surface area contributed by atoms with Crippen molar-refractivity contribution in [3.63, 3.8) is 0 Å². The van der Waals surface area contributed by atoms with Crippen LogP contribution >= 0.6 is 15.9 Å². The predicted octanol–water partition coefficient (Wildman–Crippen LogP) is 4.14. The number of anilines is 1. The maximum atomic E-state index is 13.0. The van der Waals surface area contributed by atoms with Crippen LogP contribution in [0, 0.1) is 0 Å². The van der Waals surface area contributed by atoms with E-state index in [1.54, 1.807) is 18.2 Å². The Bertz CT molecular complexity index is 783. The van der Waals surface area contributed by atoms with Gasteiger partial charge in [0.1, 0.15) is 0 Å². The molecule has 1 aromatic carbocycles. The Morgan fingerprint density at radius 3 is 2.75 bits per heavy atom. The van der Waals surface area contributed by atoms with Gasteiger partial charge >= 0.3 is 6.09 Å². The lowest BCUT2D eigenvalue weighted by Gasteiger charge is -2.22. The van der Waals surface area contributed by atoms with Crippen LogP contribution in [0.2, 0.25) is 0 Å². The number of rotatable bonds is 5. The fourth-order valence-corrected chi connectivity index (χ4v) is 2.98. The van der Waals surface area contributed by atoms with Crippen LogP contribution < -0.4 is 4.90 Å². The number of amides is 1. The molecule has 7 heteroatoms. The number of hydrogen-bond donors (Lipinski definition) is 0. The largest absolute Gasteiger partial charge is 0.452 e. The third-order valence-corrected chi connectivity index (χ3v) is 4.49. The van der Waals surface area contributed by atoms with Crippen LogP contribution in [0.5, 0.6) is 0 Å². The second-order valence-corrected chi connectivity index (χ2v) is 6.50. The summed E-state index contributed by atoms with van der Waals surface area (Å²) in [7, 11) is 1.32. The van der Waals surface area contributed by atoms with E-state index >= 15 is 0 Å². The van der Waals surface area contributed by atoms with Crippen molar-refractivity contribution in [2.45, 2.75) is 25.7 Å². The third kappa shape index (κ3) is 3.08. The van der Waals surface area contributed by atoms with Gasteiger partial charge in [0.25, 0.3) is 0 Å². The number of halogens is 1. The summed E-state index contributed by atoms with van der Waals surface area (Å²) in [5.41, 5.74) is 1.37. The number of aromatic nitrogens is 1. The lowest BCUT2D eigenvalue weighted by atomic mass is 10.0. The van der Waals surface area contributed by atoms with Crippen molar-refractivity contribution in [1.29, 1.82) is 0 Å². The molecule has 24 heavy (non-hydrogen) atoms. The minimum absolute atomic E-state index is 0.206. The Morgan fingerprint density at radius 2 is 2.12 bits per heavy atom. The summed E-state index contributed by atoms with van der Waals surface area (Å²) in [5, 5.41) is 3.78. The Labute approximate surface area is 147 Å². The number of carbonyl (C=O) groups excluding carboxylic acids is 2. The second-order valence-electron chi connectivity index (χ2n) is 5.58. The van der Waals surface area contributed by atoms with E-state index < -0.39 is 6.09 Å². The third-order valence-electron chi connectivity index (χ3n) is 4.00. The SMILES string of the molecule is CCN(C(=O)OC)c1cc(Br)ccc1C(=O)c1cnoc1C1CC1. The van der Waals surface area contributed by atoms with E-state index in [0.717, 1.165) is 17.3 Å². The summed E-state index contributed by atoms with van der Waals surface area (Å²) >= 11 is 3.39. The van der Waals surface area contributed by atoms with Crippen molar-refractivity contribution in [2.75, 3.05) is 18.6 Å². The van der Waals surface area contributed by atoms with Gasteiger partial charge in [-0.2, -0.15) is 0 Å². The summed E-state index contributed by atoms with van der Waals surface area (Å²) in [6, 6.07) is 5.20. The van der Waals surface area contributed by atoms with E-state index in [1.807, 2.05) is 6.92 Å². The first-order valence-corrected chi connectivity index (χ1v) is 8.50. The van der Waals surface area contributed by atoms with Gasteiger partial charge < -0.3 is 9.26 Å². The fraction of sp³-hybridized carbons (Fsp3) is 0.353. The number of ether oxygens (including phenoxy) is 1. The molecule has 1 heterocycles. The minimum Gasteiger partial charge on any atom is -0.452 e. The highest BCUT2D eigenvalue weighted by Crippen LogP contribution is 2.42. The van der Waals surface area contributed by atoms with Crippen molar-refractivity contribution < 1.29 is 18.8 Å². The first-order chi connectivity index (χ1) is 11.6. The number of methoxy groups -OCH3 is 1. The van der Waals surface area contributed by atoms with Crippen LogP contribution in [-0.4, -0.2) is 30.7 Å². The monoisotopic (exact) mass is 392 g/mol. The topological polar surface area (TPSA) is 72.6 Å². The molecule has 0 spiro atoms. The van der Waals surface area contributed by atoms with E-state index in [0.29, 0.717) is 29.1 Å². The molecule has 0 saturated heterocycles. The smallest absolute Gasteiger partial charge is 0.414 e. The van der Waals surface area contributed by atoms with Gasteiger partial charge in [0.05, 0.1) is 24.6 Å². The summed E-state index contributed by atoms with van der Waals surface area (Å²) in [6.45, 7) is 2.20. The van der Waals surface area contributed by atoms with Gasteiger partial charge in [-0.25, -0.2) is 4.79 Å². The first-order valence-electron chi connectivity index (χ1n) is 7.71. The molecule has 1 amide bonds. The van der Waals surface area contributed by atoms with E-state index in [1.165, 1.54) is 18.2 Å². The lowest BCUT2D eigenvalue weighted by molar-refractivity contribution is 0.103. The van der Waals surface area contributed by atoms with Crippen LogP contribution in [0.3, 0.4) is 0 Å². The summed E-state index contributed by atoms with van der Waals surface area (Å²) in [4.78, 5) is 26.5. The van der Waals surface area contributed by atoms with Crippen LogP contribution in [0.15, 0.2) is 33.4 Å². The summed E-state index contributed by atoms with van der Waals surface area (Å²) in [6.07, 6.45) is 2.95. The highest BCUT2D eigenvalue weighted by molar-refractivity contribution is 9.10. The zero-order chi connectivity index (χ0) is 17.3. The van der Waals surface area contributed by atoms with Crippen LogP contribution in [0.25, 0.3) is 0 Å². The summed E-state index contributed by atoms with van der Waals surface area (Å²) in [5.74, 6) is 0.700. The molecule has 0 N–H and O–H groups in total. The van der Waals surface area contributed by atoms with E-state index in [9.17, 15) is 9.59 Å². The highest BCUT2D eigenvalue weighted by Gasteiger charge is 2.33. The summed E-state index contributed by atoms with van der Waals surface area (Å²) < 4.78 is 10.9. The van der Waals surface area contributed by atoms with Crippen LogP contribution in [0.1, 0.15) is 47.4 Å². The molecule has 126 valence electrons. The standard InChI is InChI=1S/C17H17BrN2O4/c1-3-20(17(22)23-2)14-8-11(18)6-7-12(14)15(21)13-9-19-24-16(13)10-4-5-10/h6-10H,3-5H2,1-2H3. The van der Waals surface area contributed by atoms with Crippen molar-refractivity contribution in [3.8, 4) is 0 Å². The molecule has 0 unspecified atom stereocenters. The van der Waals surface area contributed by atoms with E-state index in [-0.39, 0.29) is 11.7 Å². The number of benzene rings is 1. The molecular weight excluding hydrogens is 376 g/mol. The van der Waals surface area contributed by atoms with Crippen LogP contribution in [0.4, 0.5) is 10.5 Å². The van der Waals surface area contributed by atoms with Gasteiger partial charge in [-0.05, 0) is 38.0 Å². The maximum Gasteiger partial charge on any atom is 0.414 e. The Hall–Kier alpha value is -2.15. The number of carbonyl (C=O) groups is 2. The molecular formula is C17H17BrN2O4. The Kier molecular flexibility index (Phi) is 4.71. The molecule has 1 fully saturated rings. The zero-order valence-corrected chi connectivity index (χ0v) is 15.0. The maximum absolute atomic E-state index is 13.0. The number of hydrogen-bond acceptors (Lipinski definition) is 5. The Balaban J connectivity index is 2.05. The van der Waals surface area contributed by atoms with Gasteiger partial charge in [-0.1, -0.05) is 21.1 Å². The molecule has 1 saturated carbocycles. The molecule has 1 aromatic heterocycles. The first kappa shape index (κ1) is 16.7. The van der Waals surface area contributed by atoms with Crippen molar-refractivity contribution in [1.82, 2.24) is 5.16 Å². The van der Waals surface area contributed by atoms with Crippen LogP contribution in [-0.2, 0) is 4.74 Å². The zero-order valence-electron chi connectivity index (χ0n) is 13.4. The van der Waals surface area contributed by atoms with Gasteiger partial charge in [-0.15, -0.1) is 0 Å². The molecule has 2 aromatic rings. The molecule has 0 aliphatic heterocycles. The highest BCUT2D eigenvalue weighted by atomic mass is 79.9. The van der Waals surface area contributed by atoms with Gasteiger partial charge in [0.15, 0.2) is 11.5 Å². The van der Waals surface area contributed by atoms with Crippen molar-refractivity contribution >= 4 is 33.5 Å². The number of ketones is 1. The predicted molar refractivity (Wildman–Crippen MR) is 91.5 cm³/mol. The van der Waals surface area contributed by atoms with Crippen molar-refractivity contribution in [2.24, 2.45) is 0 Å². The molecule has 0 radical (unpaired) electrons. The quantitative estimate of drug-likeness (QED) is 0.714. The fourth-order valence-electron chi connectivity index (χ4n) is 2.63. The number of nitrogens with zero attached hydrogens (tertiary/aromatic N) is 2. The normalized spacial score (nSPS) is 13.6. The van der Waals surface area contributed by atoms with Gasteiger partial charge in [-0.3, -0.25) is 9.69 Å². The van der Waals surface area contributed by atoms with Gasteiger partial charge in [0, 0.05) is 22.5 Å². The molecule has 0 atom stereocenters. The minimum atomic E-state index is -0.516.